The quantitative estimate of drug-likeness (QED) is 0.316. The monoisotopic (exact) mass is 519 g/mol. The minimum absolute atomic E-state index is 0. The number of halogens is 2. The highest BCUT2D eigenvalue weighted by Crippen LogP contribution is 2.11. The SMILES string of the molecule is CCc1nncn1CCNC(=NCc1cccc(Cl)c1)NCC(=O)N(C)C.I. The predicted octanol–water partition coefficient (Wildman–Crippen LogP) is 1.94. The summed E-state index contributed by atoms with van der Waals surface area (Å²) in [7, 11) is 3.44. The van der Waals surface area contributed by atoms with Crippen molar-refractivity contribution in [3.8, 4) is 0 Å². The molecule has 2 aromatic rings. The highest BCUT2D eigenvalue weighted by Gasteiger charge is 2.07. The van der Waals surface area contributed by atoms with Crippen molar-refractivity contribution in [2.75, 3.05) is 27.2 Å². The molecule has 10 heteroatoms. The van der Waals surface area contributed by atoms with Crippen LogP contribution in [0.5, 0.6) is 0 Å². The second-order valence-corrected chi connectivity index (χ2v) is 6.59. The molecule has 1 aromatic heterocycles. The molecular weight excluding hydrogens is 493 g/mol. The standard InChI is InChI=1S/C18H26ClN7O.HI/c1-4-16-24-23-13-26(16)9-8-20-18(22-12-17(27)25(2)3)21-11-14-6-5-7-15(19)10-14;/h5-7,10,13H,4,8-9,11-12H2,1-3H3,(H2,20,21,22);1H. The molecule has 28 heavy (non-hydrogen) atoms. The second-order valence-electron chi connectivity index (χ2n) is 6.16. The Morgan fingerprint density at radius 1 is 1.32 bits per heavy atom. The zero-order valence-electron chi connectivity index (χ0n) is 16.4. The lowest BCUT2D eigenvalue weighted by molar-refractivity contribution is -0.127. The summed E-state index contributed by atoms with van der Waals surface area (Å²) in [4.78, 5) is 17.9. The fourth-order valence-corrected chi connectivity index (χ4v) is 2.54. The van der Waals surface area contributed by atoms with Gasteiger partial charge in [0, 0.05) is 38.6 Å². The van der Waals surface area contributed by atoms with E-state index < -0.39 is 0 Å². The largest absolute Gasteiger partial charge is 0.355 e. The zero-order chi connectivity index (χ0) is 19.6. The number of rotatable bonds is 8. The van der Waals surface area contributed by atoms with Crippen LogP contribution in [0, 0.1) is 0 Å². The summed E-state index contributed by atoms with van der Waals surface area (Å²) in [6.45, 7) is 4.00. The third kappa shape index (κ3) is 8.01. The first-order valence-corrected chi connectivity index (χ1v) is 9.21. The highest BCUT2D eigenvalue weighted by atomic mass is 127. The molecule has 0 atom stereocenters. The number of hydrogen-bond acceptors (Lipinski definition) is 4. The summed E-state index contributed by atoms with van der Waals surface area (Å²) in [5, 5.41) is 15.0. The van der Waals surface area contributed by atoms with E-state index in [0.717, 1.165) is 17.8 Å². The molecule has 0 spiro atoms. The first kappa shape index (κ1) is 24.2. The van der Waals surface area contributed by atoms with Crippen LogP contribution in [0.3, 0.4) is 0 Å². The number of nitrogens with zero attached hydrogens (tertiary/aromatic N) is 5. The zero-order valence-corrected chi connectivity index (χ0v) is 19.4. The topological polar surface area (TPSA) is 87.4 Å². The maximum atomic E-state index is 11.9. The molecule has 0 unspecified atom stereocenters. The van der Waals surface area contributed by atoms with Crippen LogP contribution in [0.15, 0.2) is 35.6 Å². The van der Waals surface area contributed by atoms with E-state index >= 15 is 0 Å². The Balaban J connectivity index is 0.00000392. The Hall–Kier alpha value is -1.88. The van der Waals surface area contributed by atoms with Crippen LogP contribution >= 0.6 is 35.6 Å². The summed E-state index contributed by atoms with van der Waals surface area (Å²) < 4.78 is 1.99. The van der Waals surface area contributed by atoms with Crippen LogP contribution in [0.4, 0.5) is 0 Å². The van der Waals surface area contributed by atoms with E-state index in [9.17, 15) is 4.79 Å². The Bertz CT molecular complexity index is 779. The Labute approximate surface area is 187 Å². The van der Waals surface area contributed by atoms with E-state index in [1.54, 1.807) is 20.4 Å². The van der Waals surface area contributed by atoms with Gasteiger partial charge >= 0.3 is 0 Å². The van der Waals surface area contributed by atoms with Crippen LogP contribution in [0.2, 0.25) is 5.02 Å². The van der Waals surface area contributed by atoms with Crippen molar-refractivity contribution in [1.29, 1.82) is 0 Å². The Morgan fingerprint density at radius 2 is 2.11 bits per heavy atom. The van der Waals surface area contributed by atoms with Gasteiger partial charge in [0.15, 0.2) is 5.96 Å². The van der Waals surface area contributed by atoms with Crippen LogP contribution in [0.1, 0.15) is 18.3 Å². The van der Waals surface area contributed by atoms with E-state index in [2.05, 4.69) is 25.8 Å². The number of aliphatic imine (C=N–C) groups is 1. The van der Waals surface area contributed by atoms with Crippen molar-refractivity contribution in [3.05, 3.63) is 47.0 Å². The van der Waals surface area contributed by atoms with Gasteiger partial charge in [0.1, 0.15) is 12.2 Å². The van der Waals surface area contributed by atoms with Crippen LogP contribution < -0.4 is 10.6 Å². The van der Waals surface area contributed by atoms with Crippen molar-refractivity contribution in [1.82, 2.24) is 30.3 Å². The molecule has 0 aliphatic carbocycles. The number of aromatic nitrogens is 3. The molecule has 0 aliphatic heterocycles. The lowest BCUT2D eigenvalue weighted by Crippen LogP contribution is -2.43. The molecule has 0 fully saturated rings. The molecule has 2 rings (SSSR count). The lowest BCUT2D eigenvalue weighted by atomic mass is 10.2. The first-order valence-electron chi connectivity index (χ1n) is 8.83. The van der Waals surface area contributed by atoms with Crippen LogP contribution in [-0.2, 0) is 24.3 Å². The number of benzene rings is 1. The molecule has 1 amide bonds. The van der Waals surface area contributed by atoms with Crippen molar-refractivity contribution in [2.45, 2.75) is 26.4 Å². The Kier molecular flexibility index (Phi) is 10.8. The van der Waals surface area contributed by atoms with E-state index in [4.69, 9.17) is 11.6 Å². The number of guanidine groups is 1. The third-order valence-corrected chi connectivity index (χ3v) is 4.11. The van der Waals surface area contributed by atoms with Gasteiger partial charge < -0.3 is 20.1 Å². The minimum atomic E-state index is -0.0284. The molecule has 1 heterocycles. The number of carbonyl (C=O) groups is 1. The summed E-state index contributed by atoms with van der Waals surface area (Å²) in [5.41, 5.74) is 0.995. The summed E-state index contributed by atoms with van der Waals surface area (Å²) in [6.07, 6.45) is 2.54. The van der Waals surface area contributed by atoms with Crippen molar-refractivity contribution < 1.29 is 4.79 Å². The summed E-state index contributed by atoms with van der Waals surface area (Å²) in [6, 6.07) is 7.55. The van der Waals surface area contributed by atoms with Gasteiger partial charge in [-0.3, -0.25) is 4.79 Å². The fraction of sp³-hybridized carbons (Fsp3) is 0.444. The molecule has 0 aliphatic rings. The lowest BCUT2D eigenvalue weighted by Gasteiger charge is -2.15. The van der Waals surface area contributed by atoms with Gasteiger partial charge in [-0.15, -0.1) is 34.2 Å². The summed E-state index contributed by atoms with van der Waals surface area (Å²) in [5.74, 6) is 1.47. The number of aryl methyl sites for hydroxylation is 1. The maximum Gasteiger partial charge on any atom is 0.241 e. The van der Waals surface area contributed by atoms with Gasteiger partial charge in [-0.25, -0.2) is 4.99 Å². The van der Waals surface area contributed by atoms with Crippen LogP contribution in [0.25, 0.3) is 0 Å². The summed E-state index contributed by atoms with van der Waals surface area (Å²) >= 11 is 6.02. The second kappa shape index (κ2) is 12.6. The molecule has 8 nitrogen and oxygen atoms in total. The van der Waals surface area contributed by atoms with E-state index in [-0.39, 0.29) is 36.4 Å². The molecule has 154 valence electrons. The molecule has 0 saturated carbocycles. The maximum absolute atomic E-state index is 11.9. The third-order valence-electron chi connectivity index (χ3n) is 3.87. The number of likely N-dealkylation sites (N-methyl/N-ethyl adjacent to an activating group) is 1. The van der Waals surface area contributed by atoms with E-state index in [1.165, 1.54) is 4.90 Å². The number of carbonyl (C=O) groups excluding carboxylic acids is 1. The number of amides is 1. The molecule has 0 saturated heterocycles. The minimum Gasteiger partial charge on any atom is -0.355 e. The molecule has 0 bridgehead atoms. The van der Waals surface area contributed by atoms with Crippen molar-refractivity contribution in [2.24, 2.45) is 4.99 Å². The molecule has 0 radical (unpaired) electrons. The average Bonchev–Trinajstić information content (AvgIpc) is 3.10. The molecule has 2 N–H and O–H groups in total. The van der Waals surface area contributed by atoms with Gasteiger partial charge in [-0.05, 0) is 17.7 Å². The van der Waals surface area contributed by atoms with Crippen molar-refractivity contribution in [3.63, 3.8) is 0 Å². The van der Waals surface area contributed by atoms with Gasteiger partial charge in [0.05, 0.1) is 13.1 Å². The van der Waals surface area contributed by atoms with Gasteiger partial charge in [0.2, 0.25) is 5.91 Å². The number of nitrogens with one attached hydrogen (secondary N) is 2. The predicted molar refractivity (Wildman–Crippen MR) is 122 cm³/mol. The Morgan fingerprint density at radius 3 is 2.79 bits per heavy atom. The van der Waals surface area contributed by atoms with E-state index in [0.29, 0.717) is 30.6 Å². The molecular formula is C18H27ClIN7O. The highest BCUT2D eigenvalue weighted by molar-refractivity contribution is 14.0. The normalized spacial score (nSPS) is 10.9. The smallest absolute Gasteiger partial charge is 0.241 e. The van der Waals surface area contributed by atoms with Gasteiger partial charge in [-0.2, -0.15) is 0 Å². The van der Waals surface area contributed by atoms with E-state index in [1.807, 2.05) is 35.8 Å². The van der Waals surface area contributed by atoms with Gasteiger partial charge in [-0.1, -0.05) is 30.7 Å². The number of hydrogen-bond donors (Lipinski definition) is 2. The van der Waals surface area contributed by atoms with Crippen molar-refractivity contribution >= 4 is 47.4 Å². The van der Waals surface area contributed by atoms with Crippen LogP contribution in [-0.4, -0.2) is 58.7 Å². The van der Waals surface area contributed by atoms with Gasteiger partial charge in [0.25, 0.3) is 0 Å². The fourth-order valence-electron chi connectivity index (χ4n) is 2.33. The first-order chi connectivity index (χ1) is 13.0. The molecule has 1 aromatic carbocycles. The average molecular weight is 520 g/mol.